The number of nitrogens with one attached hydrogen (secondary N) is 2. The molecule has 0 bridgehead atoms. The van der Waals surface area contributed by atoms with Gasteiger partial charge in [0.05, 0.1) is 11.2 Å². The fraction of sp³-hybridized carbons (Fsp3) is 0.545. The van der Waals surface area contributed by atoms with Crippen molar-refractivity contribution in [2.75, 3.05) is 10.5 Å². The van der Waals surface area contributed by atoms with Crippen LogP contribution in [0.25, 0.3) is 10.8 Å². The molecule has 2 aliphatic rings. The Morgan fingerprint density at radius 3 is 2.00 bits per heavy atom. The molecule has 0 aliphatic carbocycles. The summed E-state index contributed by atoms with van der Waals surface area (Å²) in [7, 11) is -0.226. The first-order valence-corrected chi connectivity index (χ1v) is 10.7. The Balaban J connectivity index is 1.63. The fourth-order valence-corrected chi connectivity index (χ4v) is 4.32. The second kappa shape index (κ2) is 7.31. The minimum atomic E-state index is -0.312. The summed E-state index contributed by atoms with van der Waals surface area (Å²) >= 11 is 0. The Bertz CT molecular complexity index is 799. The van der Waals surface area contributed by atoms with Crippen LogP contribution in [0.4, 0.5) is 11.4 Å². The Hall–Kier alpha value is -1.65. The summed E-state index contributed by atoms with van der Waals surface area (Å²) in [5.74, 6) is 0. The van der Waals surface area contributed by atoms with E-state index in [1.807, 2.05) is 0 Å². The number of hydrogen-bond acceptors (Lipinski definition) is 4. The summed E-state index contributed by atoms with van der Waals surface area (Å²) < 4.78 is 12.9. The predicted molar refractivity (Wildman–Crippen MR) is 121 cm³/mol. The van der Waals surface area contributed by atoms with Gasteiger partial charge in [0.2, 0.25) is 0 Å². The lowest BCUT2D eigenvalue weighted by atomic mass is 9.44. The lowest BCUT2D eigenvalue weighted by Crippen LogP contribution is -2.48. The van der Waals surface area contributed by atoms with Gasteiger partial charge in [0, 0.05) is 22.5 Å². The van der Waals surface area contributed by atoms with Crippen LogP contribution in [0.15, 0.2) is 36.4 Å². The monoisotopic (exact) mass is 378 g/mol. The van der Waals surface area contributed by atoms with Crippen LogP contribution in [0.3, 0.4) is 0 Å². The first kappa shape index (κ1) is 19.7. The predicted octanol–water partition coefficient (Wildman–Crippen LogP) is 5.75. The topological polar surface area (TPSA) is 42.5 Å². The lowest BCUT2D eigenvalue weighted by molar-refractivity contribution is 0.00578. The average Bonchev–Trinajstić information content (AvgIpc) is 2.86. The molecule has 0 unspecified atom stereocenters. The highest BCUT2D eigenvalue weighted by molar-refractivity contribution is 6.80. The zero-order chi connectivity index (χ0) is 19.9. The van der Waals surface area contributed by atoms with E-state index in [4.69, 9.17) is 9.31 Å². The summed E-state index contributed by atoms with van der Waals surface area (Å²) in [4.78, 5) is 0. The molecule has 2 heterocycles. The highest BCUT2D eigenvalue weighted by atomic mass is 16.7. The van der Waals surface area contributed by atoms with Crippen LogP contribution >= 0.6 is 0 Å². The summed E-state index contributed by atoms with van der Waals surface area (Å²) in [6, 6.07) is 12.9. The van der Waals surface area contributed by atoms with Gasteiger partial charge in [-0.05, 0) is 45.2 Å². The molecule has 148 valence electrons. The smallest absolute Gasteiger partial charge is 0.409 e. The van der Waals surface area contributed by atoms with Gasteiger partial charge in [-0.3, -0.25) is 0 Å². The van der Waals surface area contributed by atoms with E-state index in [1.165, 1.54) is 41.4 Å². The second-order valence-electron chi connectivity index (χ2n) is 9.26. The largest absolute Gasteiger partial charge is 0.457 e. The van der Waals surface area contributed by atoms with Gasteiger partial charge in [-0.15, -0.1) is 0 Å². The fourth-order valence-electron chi connectivity index (χ4n) is 4.32. The summed E-state index contributed by atoms with van der Waals surface area (Å²) in [5, 5.41) is 10.0. The van der Waals surface area contributed by atoms with Crippen LogP contribution in [0.1, 0.15) is 60.3 Å². The first-order valence-electron chi connectivity index (χ1n) is 10.7. The number of benzene rings is 2. The third-order valence-corrected chi connectivity index (χ3v) is 6.72. The van der Waals surface area contributed by atoms with E-state index in [2.05, 4.69) is 81.5 Å². The number of anilines is 2. The molecule has 4 nitrogen and oxygen atoms in total. The van der Waals surface area contributed by atoms with Gasteiger partial charge in [0.1, 0.15) is 0 Å². The molecule has 0 radical (unpaired) electrons. The van der Waals surface area contributed by atoms with Crippen molar-refractivity contribution in [3.05, 3.63) is 36.4 Å². The van der Waals surface area contributed by atoms with Gasteiger partial charge >= 0.3 is 14.1 Å². The Morgan fingerprint density at radius 2 is 1.46 bits per heavy atom. The third-order valence-electron chi connectivity index (χ3n) is 6.72. The van der Waals surface area contributed by atoms with Crippen LogP contribution in [0.5, 0.6) is 0 Å². The maximum Gasteiger partial charge on any atom is 0.457 e. The molecular weight excluding hydrogens is 346 g/mol. The molecule has 1 fully saturated rings. The van der Waals surface area contributed by atoms with E-state index in [0.717, 1.165) is 6.42 Å². The van der Waals surface area contributed by atoms with E-state index in [9.17, 15) is 0 Å². The maximum absolute atomic E-state index is 6.47. The van der Waals surface area contributed by atoms with E-state index in [1.54, 1.807) is 0 Å². The second-order valence-corrected chi connectivity index (χ2v) is 9.26. The molecule has 0 amide bonds. The van der Waals surface area contributed by atoms with Gasteiger partial charge in [0.15, 0.2) is 0 Å². The summed E-state index contributed by atoms with van der Waals surface area (Å²) in [6.45, 7) is 10.9. The number of unbranched alkanes of at least 4 members (excludes halogenated alkanes) is 2. The van der Waals surface area contributed by atoms with Gasteiger partial charge in [-0.25, -0.2) is 0 Å². The maximum atomic E-state index is 6.47. The van der Waals surface area contributed by atoms with E-state index in [-0.39, 0.29) is 31.0 Å². The highest BCUT2D eigenvalue weighted by Crippen LogP contribution is 2.44. The summed E-state index contributed by atoms with van der Waals surface area (Å²) in [5.41, 5.74) is 1.97. The minimum absolute atomic E-state index is 0.0760. The van der Waals surface area contributed by atoms with Crippen LogP contribution in [-0.2, 0) is 9.31 Å². The van der Waals surface area contributed by atoms with Crippen molar-refractivity contribution >= 4 is 36.2 Å². The Kier molecular flexibility index (Phi) is 5.13. The molecule has 2 aliphatic heterocycles. The molecule has 1 saturated heterocycles. The lowest BCUT2D eigenvalue weighted by Gasteiger charge is -2.32. The first-order chi connectivity index (χ1) is 13.3. The van der Waals surface area contributed by atoms with Crippen LogP contribution < -0.4 is 10.5 Å². The van der Waals surface area contributed by atoms with Crippen molar-refractivity contribution in [1.82, 2.24) is 0 Å². The van der Waals surface area contributed by atoms with Crippen LogP contribution in [0.2, 0.25) is 5.72 Å². The van der Waals surface area contributed by atoms with Crippen molar-refractivity contribution in [2.45, 2.75) is 77.2 Å². The van der Waals surface area contributed by atoms with E-state index < -0.39 is 0 Å². The van der Waals surface area contributed by atoms with Gasteiger partial charge in [0.25, 0.3) is 0 Å². The normalized spacial score (nSPS) is 20.8. The van der Waals surface area contributed by atoms with Crippen molar-refractivity contribution in [1.29, 1.82) is 0 Å². The molecule has 0 aromatic heterocycles. The van der Waals surface area contributed by atoms with Crippen molar-refractivity contribution in [3.63, 3.8) is 0 Å². The molecule has 4 rings (SSSR count). The molecular formula is C22H32B2N2O2. The van der Waals surface area contributed by atoms with Crippen molar-refractivity contribution in [3.8, 4) is 0 Å². The standard InChI is InChI=1S/C22H32B2N2O2/c1-6-7-8-15-19(24-27-21(2,3)22(4,5)28-24)23-25-17-13-9-11-16-12-10-14-18(26-23)20(16)17/h9-14,19,25-26H,6-8,15H2,1-5H3/t19-/m0/s1. The third kappa shape index (κ3) is 3.42. The van der Waals surface area contributed by atoms with Crippen molar-refractivity contribution < 1.29 is 9.31 Å². The Labute approximate surface area is 170 Å². The molecule has 28 heavy (non-hydrogen) atoms. The molecule has 0 spiro atoms. The van der Waals surface area contributed by atoms with E-state index >= 15 is 0 Å². The number of rotatable bonds is 6. The molecule has 2 N–H and O–H groups in total. The highest BCUT2D eigenvalue weighted by Gasteiger charge is 2.56. The SMILES string of the molecule is CCCCC[C@@H](B1Nc2cccc3cccc(c23)N1)B1OC(C)(C)C(C)(C)O1. The number of hydrogen-bond donors (Lipinski definition) is 2. The van der Waals surface area contributed by atoms with Crippen LogP contribution in [0, 0.1) is 0 Å². The molecule has 6 heteroatoms. The van der Waals surface area contributed by atoms with Gasteiger partial charge < -0.3 is 19.8 Å². The average molecular weight is 378 g/mol. The zero-order valence-corrected chi connectivity index (χ0v) is 17.8. The molecule has 1 atom stereocenters. The Morgan fingerprint density at radius 1 is 0.893 bits per heavy atom. The van der Waals surface area contributed by atoms with Crippen molar-refractivity contribution in [2.24, 2.45) is 0 Å². The zero-order valence-electron chi connectivity index (χ0n) is 17.8. The van der Waals surface area contributed by atoms with E-state index in [0.29, 0.717) is 0 Å². The van der Waals surface area contributed by atoms with Crippen LogP contribution in [-0.4, -0.2) is 25.3 Å². The van der Waals surface area contributed by atoms with Gasteiger partial charge in [-0.2, -0.15) is 0 Å². The quantitative estimate of drug-likeness (QED) is 0.497. The van der Waals surface area contributed by atoms with Gasteiger partial charge in [-0.1, -0.05) is 56.9 Å². The molecule has 2 aromatic carbocycles. The molecule has 0 saturated carbocycles. The summed E-state index contributed by atoms with van der Waals surface area (Å²) in [6.07, 6.45) is 4.68. The minimum Gasteiger partial charge on any atom is -0.409 e. The molecule has 2 aromatic rings.